The predicted octanol–water partition coefficient (Wildman–Crippen LogP) is 4.26. The molecule has 0 aliphatic carbocycles. The van der Waals surface area contributed by atoms with Crippen LogP contribution in [0.25, 0.3) is 0 Å². The summed E-state index contributed by atoms with van der Waals surface area (Å²) in [5.74, 6) is 0.306. The molecule has 0 radical (unpaired) electrons. The van der Waals surface area contributed by atoms with Gasteiger partial charge in [0.1, 0.15) is 5.75 Å². The van der Waals surface area contributed by atoms with E-state index in [0.29, 0.717) is 19.6 Å². The highest BCUT2D eigenvalue weighted by Crippen LogP contribution is 2.38. The summed E-state index contributed by atoms with van der Waals surface area (Å²) in [6.45, 7) is 7.87. The molecule has 1 saturated heterocycles. The van der Waals surface area contributed by atoms with Gasteiger partial charge in [-0.2, -0.15) is 5.10 Å². The van der Waals surface area contributed by atoms with Gasteiger partial charge in [-0.1, -0.05) is 42.0 Å². The van der Waals surface area contributed by atoms with Crippen molar-refractivity contribution in [3.8, 4) is 5.75 Å². The molecule has 7 nitrogen and oxygen atoms in total. The third kappa shape index (κ3) is 5.56. The first-order valence-electron chi connectivity index (χ1n) is 12.4. The van der Waals surface area contributed by atoms with Crippen LogP contribution in [0.1, 0.15) is 54.5 Å². The highest BCUT2D eigenvalue weighted by atomic mass is 16.5. The molecular formula is C28H35N3O4. The van der Waals surface area contributed by atoms with Crippen molar-refractivity contribution in [2.24, 2.45) is 11.0 Å². The van der Waals surface area contributed by atoms with Crippen LogP contribution in [0.5, 0.6) is 5.75 Å². The van der Waals surface area contributed by atoms with Gasteiger partial charge in [0.2, 0.25) is 0 Å². The molecule has 2 aliphatic heterocycles. The number of likely N-dealkylation sites (tertiary alicyclic amines) is 1. The lowest BCUT2D eigenvalue weighted by Crippen LogP contribution is -2.44. The van der Waals surface area contributed by atoms with Crippen molar-refractivity contribution in [3.05, 3.63) is 64.7 Å². The maximum absolute atomic E-state index is 13.6. The number of carbonyl (C=O) groups is 2. The van der Waals surface area contributed by atoms with Crippen LogP contribution in [0.3, 0.4) is 0 Å². The van der Waals surface area contributed by atoms with Crippen LogP contribution in [0, 0.1) is 19.8 Å². The summed E-state index contributed by atoms with van der Waals surface area (Å²) < 4.78 is 10.8. The summed E-state index contributed by atoms with van der Waals surface area (Å²) in [5.41, 5.74) is 5.24. The molecule has 0 bridgehead atoms. The smallest absolute Gasteiger partial charge is 0.310 e. The highest BCUT2D eigenvalue weighted by molar-refractivity contribution is 6.04. The second-order valence-corrected chi connectivity index (χ2v) is 9.39. The monoisotopic (exact) mass is 477 g/mol. The van der Waals surface area contributed by atoms with E-state index in [1.807, 2.05) is 31.2 Å². The molecule has 0 spiro atoms. The van der Waals surface area contributed by atoms with E-state index in [2.05, 4.69) is 36.9 Å². The van der Waals surface area contributed by atoms with Crippen LogP contribution in [-0.4, -0.2) is 60.8 Å². The fourth-order valence-electron chi connectivity index (χ4n) is 5.14. The number of ether oxygens (including phenoxy) is 2. The molecule has 35 heavy (non-hydrogen) atoms. The van der Waals surface area contributed by atoms with Crippen molar-refractivity contribution in [1.82, 2.24) is 9.91 Å². The summed E-state index contributed by atoms with van der Waals surface area (Å²) in [7, 11) is 1.65. The maximum Gasteiger partial charge on any atom is 0.310 e. The standard InChI is InChI=1S/C28H35N3O4/c1-5-35-28(33)21-9-8-14-30(17-21)18-27(32)31-25(23-10-6-7-11-26(23)34-4)16-24(29-31)22-13-12-19(2)15-20(22)3/h6-7,10-13,15,21,25H,5,8-9,14,16-18H2,1-4H3/t21-,25+/m1/s1. The van der Waals surface area contributed by atoms with Gasteiger partial charge >= 0.3 is 5.97 Å². The largest absolute Gasteiger partial charge is 0.496 e. The summed E-state index contributed by atoms with van der Waals surface area (Å²) in [4.78, 5) is 28.0. The highest BCUT2D eigenvalue weighted by Gasteiger charge is 2.36. The second kappa shape index (κ2) is 11.0. The number of hydrogen-bond acceptors (Lipinski definition) is 6. The van der Waals surface area contributed by atoms with Gasteiger partial charge in [-0.25, -0.2) is 5.01 Å². The molecule has 2 aromatic rings. The SMILES string of the molecule is CCOC(=O)[C@@H]1CCCN(CC(=O)N2N=C(c3ccc(C)cc3C)C[C@H]2c2ccccc2OC)C1. The third-order valence-corrected chi connectivity index (χ3v) is 6.84. The zero-order valence-corrected chi connectivity index (χ0v) is 21.1. The Balaban J connectivity index is 1.59. The Kier molecular flexibility index (Phi) is 7.86. The normalized spacial score (nSPS) is 20.5. The molecule has 1 fully saturated rings. The molecule has 2 aliphatic rings. The van der Waals surface area contributed by atoms with E-state index in [4.69, 9.17) is 14.6 Å². The zero-order valence-electron chi connectivity index (χ0n) is 21.1. The van der Waals surface area contributed by atoms with Crippen LogP contribution in [-0.2, 0) is 14.3 Å². The lowest BCUT2D eigenvalue weighted by Gasteiger charge is -2.32. The first-order valence-corrected chi connectivity index (χ1v) is 12.4. The summed E-state index contributed by atoms with van der Waals surface area (Å²) in [6.07, 6.45) is 2.28. The van der Waals surface area contributed by atoms with Gasteiger partial charge in [0, 0.05) is 24.1 Å². The van der Waals surface area contributed by atoms with Gasteiger partial charge in [-0.15, -0.1) is 0 Å². The molecule has 7 heteroatoms. The minimum Gasteiger partial charge on any atom is -0.496 e. The van der Waals surface area contributed by atoms with Crippen LogP contribution >= 0.6 is 0 Å². The van der Waals surface area contributed by atoms with Gasteiger partial charge in [0.25, 0.3) is 5.91 Å². The first-order chi connectivity index (χ1) is 16.9. The molecule has 0 saturated carbocycles. The summed E-state index contributed by atoms with van der Waals surface area (Å²) in [6, 6.07) is 13.9. The number of para-hydroxylation sites is 1. The second-order valence-electron chi connectivity index (χ2n) is 9.39. The molecule has 2 atom stereocenters. The number of hydrogen-bond donors (Lipinski definition) is 0. The van der Waals surface area contributed by atoms with Crippen LogP contribution in [0.2, 0.25) is 0 Å². The Morgan fingerprint density at radius 1 is 1.14 bits per heavy atom. The summed E-state index contributed by atoms with van der Waals surface area (Å²) in [5, 5.41) is 6.48. The lowest BCUT2D eigenvalue weighted by atomic mass is 9.94. The van der Waals surface area contributed by atoms with Crippen molar-refractivity contribution in [2.75, 3.05) is 33.4 Å². The average molecular weight is 478 g/mol. The van der Waals surface area contributed by atoms with Crippen molar-refractivity contribution in [2.45, 2.75) is 46.1 Å². The minimum absolute atomic E-state index is 0.0785. The number of rotatable bonds is 7. The molecule has 0 aromatic heterocycles. The first kappa shape index (κ1) is 24.9. The number of piperidine rings is 1. The van der Waals surface area contributed by atoms with Crippen LogP contribution in [0.4, 0.5) is 0 Å². The fourth-order valence-corrected chi connectivity index (χ4v) is 5.14. The van der Waals surface area contributed by atoms with E-state index in [1.165, 1.54) is 5.56 Å². The Hall–Kier alpha value is -3.19. The van der Waals surface area contributed by atoms with Gasteiger partial charge in [-0.05, 0) is 51.8 Å². The minimum atomic E-state index is -0.250. The number of benzene rings is 2. The number of aryl methyl sites for hydroxylation is 2. The van der Waals surface area contributed by atoms with Gasteiger partial charge in [0.05, 0.1) is 37.9 Å². The topological polar surface area (TPSA) is 71.4 Å². The fraction of sp³-hybridized carbons (Fsp3) is 0.464. The van der Waals surface area contributed by atoms with Crippen LogP contribution in [0.15, 0.2) is 47.6 Å². The van der Waals surface area contributed by atoms with E-state index in [1.54, 1.807) is 12.1 Å². The van der Waals surface area contributed by atoms with Gasteiger partial charge < -0.3 is 9.47 Å². The Labute approximate surface area is 207 Å². The Morgan fingerprint density at radius 3 is 2.69 bits per heavy atom. The zero-order chi connectivity index (χ0) is 24.9. The van der Waals surface area contributed by atoms with Gasteiger partial charge in [0.15, 0.2) is 0 Å². The van der Waals surface area contributed by atoms with Crippen molar-refractivity contribution in [3.63, 3.8) is 0 Å². The number of methoxy groups -OCH3 is 1. The molecule has 2 heterocycles. The average Bonchev–Trinajstić information content (AvgIpc) is 3.29. The molecule has 0 unspecified atom stereocenters. The summed E-state index contributed by atoms with van der Waals surface area (Å²) >= 11 is 0. The Morgan fingerprint density at radius 2 is 1.94 bits per heavy atom. The van der Waals surface area contributed by atoms with E-state index >= 15 is 0 Å². The van der Waals surface area contributed by atoms with E-state index < -0.39 is 0 Å². The number of carbonyl (C=O) groups excluding carboxylic acids is 2. The van der Waals surface area contributed by atoms with E-state index in [0.717, 1.165) is 47.5 Å². The predicted molar refractivity (Wildman–Crippen MR) is 135 cm³/mol. The number of hydrazone groups is 1. The molecule has 0 N–H and O–H groups in total. The molecule has 4 rings (SSSR count). The molecular weight excluding hydrogens is 442 g/mol. The molecule has 1 amide bonds. The number of amides is 1. The number of nitrogens with zero attached hydrogens (tertiary/aromatic N) is 3. The molecule has 2 aromatic carbocycles. The third-order valence-electron chi connectivity index (χ3n) is 6.84. The Bertz CT molecular complexity index is 1110. The quantitative estimate of drug-likeness (QED) is 0.557. The molecule has 186 valence electrons. The lowest BCUT2D eigenvalue weighted by molar-refractivity contribution is -0.150. The van der Waals surface area contributed by atoms with Crippen molar-refractivity contribution < 1.29 is 19.1 Å². The van der Waals surface area contributed by atoms with Crippen molar-refractivity contribution in [1.29, 1.82) is 0 Å². The van der Waals surface area contributed by atoms with Gasteiger partial charge in [-0.3, -0.25) is 14.5 Å². The van der Waals surface area contributed by atoms with Crippen LogP contribution < -0.4 is 4.74 Å². The maximum atomic E-state index is 13.6. The number of esters is 1. The van der Waals surface area contributed by atoms with E-state index in [9.17, 15) is 9.59 Å². The van der Waals surface area contributed by atoms with E-state index in [-0.39, 0.29) is 30.4 Å². The van der Waals surface area contributed by atoms with Crippen molar-refractivity contribution >= 4 is 17.6 Å².